The van der Waals surface area contributed by atoms with E-state index in [1.54, 1.807) is 14.2 Å². The summed E-state index contributed by atoms with van der Waals surface area (Å²) in [7, 11) is 3.26. The van der Waals surface area contributed by atoms with Crippen LogP contribution >= 0.6 is 15.9 Å². The smallest absolute Gasteiger partial charge is 0.261 e. The van der Waals surface area contributed by atoms with Gasteiger partial charge in [0.1, 0.15) is 17.2 Å². The van der Waals surface area contributed by atoms with Crippen LogP contribution in [-0.4, -0.2) is 37.7 Å². The van der Waals surface area contributed by atoms with Gasteiger partial charge in [0.25, 0.3) is 5.91 Å². The van der Waals surface area contributed by atoms with Crippen molar-refractivity contribution in [1.82, 2.24) is 4.90 Å². The summed E-state index contributed by atoms with van der Waals surface area (Å²) in [5, 5.41) is 0. The lowest BCUT2D eigenvalue weighted by molar-refractivity contribution is -0.134. The Labute approximate surface area is 162 Å². The van der Waals surface area contributed by atoms with Gasteiger partial charge < -0.3 is 19.1 Å². The maximum absolute atomic E-state index is 12.8. The number of nitrogens with zero attached hydrogens (tertiary/aromatic N) is 1. The van der Waals surface area contributed by atoms with E-state index in [0.29, 0.717) is 12.3 Å². The third-order valence-corrected chi connectivity index (χ3v) is 4.79. The molecule has 1 saturated carbocycles. The second-order valence-corrected chi connectivity index (χ2v) is 7.09. The van der Waals surface area contributed by atoms with Gasteiger partial charge in [0.15, 0.2) is 6.61 Å². The van der Waals surface area contributed by atoms with Crippen LogP contribution < -0.4 is 14.2 Å². The molecule has 6 heteroatoms. The average molecular weight is 420 g/mol. The summed E-state index contributed by atoms with van der Waals surface area (Å²) in [5.41, 5.74) is 0.926. The maximum atomic E-state index is 12.8. The predicted octanol–water partition coefficient (Wildman–Crippen LogP) is 4.04. The van der Waals surface area contributed by atoms with Crippen molar-refractivity contribution in [2.75, 3.05) is 20.8 Å². The molecular formula is C20H22BrNO4. The molecular weight excluding hydrogens is 398 g/mol. The van der Waals surface area contributed by atoms with Gasteiger partial charge in [0, 0.05) is 22.6 Å². The van der Waals surface area contributed by atoms with E-state index >= 15 is 0 Å². The highest BCUT2D eigenvalue weighted by molar-refractivity contribution is 9.10. The summed E-state index contributed by atoms with van der Waals surface area (Å²) >= 11 is 3.40. The van der Waals surface area contributed by atoms with Crippen molar-refractivity contribution < 1.29 is 19.0 Å². The molecule has 2 aromatic carbocycles. The van der Waals surface area contributed by atoms with E-state index in [4.69, 9.17) is 14.2 Å². The van der Waals surface area contributed by atoms with E-state index in [1.165, 1.54) is 0 Å². The molecule has 0 bridgehead atoms. The second kappa shape index (κ2) is 8.45. The van der Waals surface area contributed by atoms with E-state index < -0.39 is 0 Å². The predicted molar refractivity (Wildman–Crippen MR) is 103 cm³/mol. The van der Waals surface area contributed by atoms with Crippen LogP contribution in [0.2, 0.25) is 0 Å². The summed E-state index contributed by atoms with van der Waals surface area (Å²) in [6.07, 6.45) is 2.05. The van der Waals surface area contributed by atoms with Gasteiger partial charge in [0.2, 0.25) is 0 Å². The maximum Gasteiger partial charge on any atom is 0.261 e. The molecule has 1 amide bonds. The molecule has 138 valence electrons. The van der Waals surface area contributed by atoms with Crippen molar-refractivity contribution in [2.45, 2.75) is 25.4 Å². The zero-order valence-electron chi connectivity index (χ0n) is 14.9. The molecule has 0 saturated heterocycles. The van der Waals surface area contributed by atoms with Gasteiger partial charge in [0.05, 0.1) is 14.2 Å². The first-order chi connectivity index (χ1) is 12.6. The Balaban J connectivity index is 1.70. The Morgan fingerprint density at radius 1 is 1.12 bits per heavy atom. The number of carbonyl (C=O) groups excluding carboxylic acids is 1. The van der Waals surface area contributed by atoms with E-state index in [1.807, 2.05) is 47.4 Å². The van der Waals surface area contributed by atoms with Gasteiger partial charge in [-0.3, -0.25) is 4.79 Å². The zero-order valence-corrected chi connectivity index (χ0v) is 16.5. The van der Waals surface area contributed by atoms with Gasteiger partial charge in [-0.1, -0.05) is 22.0 Å². The van der Waals surface area contributed by atoms with Crippen LogP contribution in [0, 0.1) is 0 Å². The molecule has 0 aromatic heterocycles. The molecule has 1 aliphatic rings. The monoisotopic (exact) mass is 419 g/mol. The van der Waals surface area contributed by atoms with Crippen LogP contribution in [-0.2, 0) is 11.3 Å². The number of ether oxygens (including phenoxy) is 3. The molecule has 0 aliphatic heterocycles. The minimum absolute atomic E-state index is 0.0131. The largest absolute Gasteiger partial charge is 0.497 e. The van der Waals surface area contributed by atoms with E-state index in [0.717, 1.165) is 34.4 Å². The van der Waals surface area contributed by atoms with E-state index in [2.05, 4.69) is 15.9 Å². The Bertz CT molecular complexity index is 776. The minimum Gasteiger partial charge on any atom is -0.497 e. The number of methoxy groups -OCH3 is 2. The number of halogens is 1. The fourth-order valence-electron chi connectivity index (χ4n) is 2.78. The van der Waals surface area contributed by atoms with Crippen LogP contribution in [0.15, 0.2) is 46.9 Å². The number of rotatable bonds is 8. The number of carbonyl (C=O) groups is 1. The second-order valence-electron chi connectivity index (χ2n) is 6.18. The standard InChI is InChI=1S/C20H22BrNO4/c1-24-17-8-9-19(25-2)14(10-17)12-22(16-6-7-16)20(23)13-26-18-5-3-4-15(21)11-18/h3-5,8-11,16H,6-7,12-13H2,1-2H3. The van der Waals surface area contributed by atoms with E-state index in [9.17, 15) is 4.79 Å². The molecule has 1 fully saturated rings. The summed E-state index contributed by atoms with van der Waals surface area (Å²) in [6, 6.07) is 13.4. The normalized spacial score (nSPS) is 13.2. The molecule has 2 aromatic rings. The fraction of sp³-hybridized carbons (Fsp3) is 0.350. The zero-order chi connectivity index (χ0) is 18.5. The van der Waals surface area contributed by atoms with Gasteiger partial charge in [-0.15, -0.1) is 0 Å². The van der Waals surface area contributed by atoms with Crippen LogP contribution in [0.5, 0.6) is 17.2 Å². The Kier molecular flexibility index (Phi) is 6.04. The highest BCUT2D eigenvalue weighted by Gasteiger charge is 2.33. The Morgan fingerprint density at radius 3 is 2.58 bits per heavy atom. The van der Waals surface area contributed by atoms with Crippen molar-refractivity contribution in [1.29, 1.82) is 0 Å². The molecule has 0 spiro atoms. The molecule has 1 aliphatic carbocycles. The molecule has 0 unspecified atom stereocenters. The van der Waals surface area contributed by atoms with E-state index in [-0.39, 0.29) is 18.6 Å². The molecule has 0 N–H and O–H groups in total. The molecule has 3 rings (SSSR count). The fourth-order valence-corrected chi connectivity index (χ4v) is 3.16. The van der Waals surface area contributed by atoms with Gasteiger partial charge in [-0.05, 0) is 49.2 Å². The summed E-state index contributed by atoms with van der Waals surface area (Å²) in [4.78, 5) is 14.6. The Morgan fingerprint density at radius 2 is 1.92 bits per heavy atom. The summed E-state index contributed by atoms with van der Waals surface area (Å²) < 4.78 is 17.3. The van der Waals surface area contributed by atoms with Crippen LogP contribution in [0.25, 0.3) is 0 Å². The minimum atomic E-state index is -0.0302. The number of hydrogen-bond donors (Lipinski definition) is 0. The third-order valence-electron chi connectivity index (χ3n) is 4.29. The number of amides is 1. The SMILES string of the molecule is COc1ccc(OC)c(CN(C(=O)COc2cccc(Br)c2)C2CC2)c1. The number of hydrogen-bond acceptors (Lipinski definition) is 4. The lowest BCUT2D eigenvalue weighted by Crippen LogP contribution is -2.36. The first-order valence-electron chi connectivity index (χ1n) is 8.49. The van der Waals surface area contributed by atoms with Crippen LogP contribution in [0.1, 0.15) is 18.4 Å². The summed E-state index contributed by atoms with van der Waals surface area (Å²) in [6.45, 7) is 0.491. The van der Waals surface area contributed by atoms with Crippen LogP contribution in [0.3, 0.4) is 0 Å². The molecule has 0 radical (unpaired) electrons. The number of benzene rings is 2. The quantitative estimate of drug-likeness (QED) is 0.647. The third kappa shape index (κ3) is 4.69. The van der Waals surface area contributed by atoms with Crippen molar-refractivity contribution in [3.05, 3.63) is 52.5 Å². The van der Waals surface area contributed by atoms with Crippen molar-refractivity contribution >= 4 is 21.8 Å². The highest BCUT2D eigenvalue weighted by Crippen LogP contribution is 2.32. The summed E-state index contributed by atoms with van der Waals surface area (Å²) in [5.74, 6) is 2.13. The van der Waals surface area contributed by atoms with Crippen LogP contribution in [0.4, 0.5) is 0 Å². The molecule has 0 atom stereocenters. The highest BCUT2D eigenvalue weighted by atomic mass is 79.9. The topological polar surface area (TPSA) is 48.0 Å². The molecule has 26 heavy (non-hydrogen) atoms. The van der Waals surface area contributed by atoms with Gasteiger partial charge in [-0.25, -0.2) is 0 Å². The average Bonchev–Trinajstić information content (AvgIpc) is 3.49. The molecule has 5 nitrogen and oxygen atoms in total. The van der Waals surface area contributed by atoms with Crippen molar-refractivity contribution in [2.24, 2.45) is 0 Å². The van der Waals surface area contributed by atoms with Crippen molar-refractivity contribution in [3.8, 4) is 17.2 Å². The Hall–Kier alpha value is -2.21. The first kappa shape index (κ1) is 18.6. The van der Waals surface area contributed by atoms with Gasteiger partial charge >= 0.3 is 0 Å². The van der Waals surface area contributed by atoms with Crippen molar-refractivity contribution in [3.63, 3.8) is 0 Å². The molecule has 0 heterocycles. The van der Waals surface area contributed by atoms with Gasteiger partial charge in [-0.2, -0.15) is 0 Å². The first-order valence-corrected chi connectivity index (χ1v) is 9.28. The lowest BCUT2D eigenvalue weighted by Gasteiger charge is -2.24. The lowest BCUT2D eigenvalue weighted by atomic mass is 10.1.